The fourth-order valence-corrected chi connectivity index (χ4v) is 3.33. The van der Waals surface area contributed by atoms with Crippen molar-refractivity contribution in [3.63, 3.8) is 0 Å². The van der Waals surface area contributed by atoms with E-state index in [1.54, 1.807) is 26.4 Å². The average Bonchev–Trinajstić information content (AvgIpc) is 2.91. The maximum absolute atomic E-state index is 12.6. The Morgan fingerprint density at radius 1 is 0.892 bits per heavy atom. The summed E-state index contributed by atoms with van der Waals surface area (Å²) in [6.45, 7) is 2.91. The summed E-state index contributed by atoms with van der Waals surface area (Å²) in [6.07, 6.45) is 0.399. The summed E-state index contributed by atoms with van der Waals surface area (Å²) in [6, 6.07) is 9.24. The number of oxime groups is 2. The van der Waals surface area contributed by atoms with Gasteiger partial charge in [0.1, 0.15) is 16.2 Å². The minimum atomic E-state index is -2.33. The molecule has 3 atom stereocenters. The van der Waals surface area contributed by atoms with Crippen molar-refractivity contribution >= 4 is 68.3 Å². The molecule has 0 radical (unpaired) electrons. The molecule has 0 spiro atoms. The molecule has 0 fully saturated rings. The molecule has 3 unspecified atom stereocenters. The predicted octanol–water partition coefficient (Wildman–Crippen LogP) is 3.29. The molecule has 0 saturated carbocycles. The van der Waals surface area contributed by atoms with Gasteiger partial charge in [-0.15, -0.1) is 23.5 Å². The Labute approximate surface area is 229 Å². The van der Waals surface area contributed by atoms with Gasteiger partial charge in [0.2, 0.25) is 0 Å². The topological polar surface area (TPSA) is 146 Å². The van der Waals surface area contributed by atoms with E-state index in [9.17, 15) is 18.0 Å². The number of benzene rings is 1. The smallest absolute Gasteiger partial charge is 0.374 e. The van der Waals surface area contributed by atoms with Gasteiger partial charge in [-0.2, -0.15) is 0 Å². The number of carbonyl (C=O) groups excluding carboxylic acids is 2. The van der Waals surface area contributed by atoms with E-state index in [1.807, 2.05) is 30.3 Å². The highest BCUT2D eigenvalue weighted by molar-refractivity contribution is 8.13. The largest absolute Gasteiger partial charge is 0.449 e. The molecule has 0 heterocycles. The molecule has 1 rings (SSSR count). The van der Waals surface area contributed by atoms with Crippen LogP contribution < -0.4 is 0 Å². The normalized spacial score (nSPS) is 14.4. The van der Waals surface area contributed by atoms with E-state index in [-0.39, 0.29) is 13.2 Å². The van der Waals surface area contributed by atoms with Crippen molar-refractivity contribution in [2.75, 3.05) is 39.8 Å². The number of thioether (sulfide) groups is 2. The molecule has 1 aromatic carbocycles. The Bertz CT molecular complexity index is 982. The Balaban J connectivity index is 2.78. The van der Waals surface area contributed by atoms with Crippen molar-refractivity contribution in [3.05, 3.63) is 35.9 Å². The Morgan fingerprint density at radius 2 is 1.41 bits per heavy atom. The molecule has 0 aliphatic carbocycles. The zero-order valence-corrected chi connectivity index (χ0v) is 24.4. The molecule has 37 heavy (non-hydrogen) atoms. The number of amides is 2. The lowest BCUT2D eigenvalue weighted by atomic mass is 10.2. The second-order valence-electron chi connectivity index (χ2n) is 6.78. The van der Waals surface area contributed by atoms with E-state index in [0.717, 1.165) is 5.56 Å². The average molecular weight is 599 g/mol. The molecular weight excluding hydrogens is 569 g/mol. The summed E-state index contributed by atoms with van der Waals surface area (Å²) in [5, 5.41) is 8.12. The molecular formula is C20H30N4O9S4. The highest BCUT2D eigenvalue weighted by Gasteiger charge is 2.25. The molecule has 0 N–H and O–H groups in total. The zero-order valence-electron chi connectivity index (χ0n) is 21.2. The van der Waals surface area contributed by atoms with Crippen LogP contribution in [0, 0.1) is 0 Å². The lowest BCUT2D eigenvalue weighted by molar-refractivity contribution is 0.0234. The predicted molar refractivity (Wildman–Crippen MR) is 145 cm³/mol. The van der Waals surface area contributed by atoms with Crippen molar-refractivity contribution in [3.8, 4) is 0 Å². The van der Waals surface area contributed by atoms with Crippen LogP contribution in [-0.2, 0) is 51.9 Å². The molecule has 0 bridgehead atoms. The first-order chi connectivity index (χ1) is 17.6. The van der Waals surface area contributed by atoms with Gasteiger partial charge in [-0.25, -0.2) is 26.6 Å². The molecule has 1 aromatic rings. The van der Waals surface area contributed by atoms with Crippen LogP contribution in [0.25, 0.3) is 0 Å². The van der Waals surface area contributed by atoms with Gasteiger partial charge in [-0.05, 0) is 31.9 Å². The first-order valence-electron chi connectivity index (χ1n) is 10.4. The third-order valence-electron chi connectivity index (χ3n) is 4.05. The number of nitrogens with zero attached hydrogens (tertiary/aromatic N) is 4. The summed E-state index contributed by atoms with van der Waals surface area (Å²) < 4.78 is 42.5. The number of hydrogen-bond acceptors (Lipinski definition) is 13. The van der Waals surface area contributed by atoms with Crippen LogP contribution in [0.15, 0.2) is 40.6 Å². The maximum atomic E-state index is 12.6. The van der Waals surface area contributed by atoms with Gasteiger partial charge in [0.15, 0.2) is 0 Å². The van der Waals surface area contributed by atoms with Gasteiger partial charge in [-0.1, -0.05) is 40.6 Å². The third-order valence-corrected chi connectivity index (χ3v) is 7.34. The van der Waals surface area contributed by atoms with Gasteiger partial charge in [0.05, 0.1) is 19.8 Å². The minimum absolute atomic E-state index is 0.143. The Morgan fingerprint density at radius 3 is 1.92 bits per heavy atom. The fourth-order valence-electron chi connectivity index (χ4n) is 1.90. The summed E-state index contributed by atoms with van der Waals surface area (Å²) in [5.74, 6) is 0. The fraction of sp³-hybridized carbons (Fsp3) is 0.500. The van der Waals surface area contributed by atoms with Crippen molar-refractivity contribution in [1.29, 1.82) is 0 Å². The van der Waals surface area contributed by atoms with Crippen LogP contribution in [0.3, 0.4) is 0 Å². The second-order valence-corrected chi connectivity index (χ2v) is 11.2. The summed E-state index contributed by atoms with van der Waals surface area (Å²) >= 11 is -2.10. The quantitative estimate of drug-likeness (QED) is 0.143. The zero-order chi connectivity index (χ0) is 27.8. The highest BCUT2D eigenvalue weighted by Crippen LogP contribution is 2.09. The van der Waals surface area contributed by atoms with Crippen molar-refractivity contribution < 1.29 is 40.8 Å². The van der Waals surface area contributed by atoms with E-state index >= 15 is 0 Å². The number of hydrogen-bond donors (Lipinski definition) is 0. The molecule has 0 aliphatic rings. The molecule has 0 saturated heterocycles. The lowest BCUT2D eigenvalue weighted by Gasteiger charge is -2.21. The van der Waals surface area contributed by atoms with Crippen molar-refractivity contribution in [2.24, 2.45) is 10.3 Å². The maximum Gasteiger partial charge on any atom is 0.449 e. The van der Waals surface area contributed by atoms with Crippen LogP contribution in [0.5, 0.6) is 0 Å². The Kier molecular flexibility index (Phi) is 16.3. The number of carbonyl (C=O) groups is 2. The van der Waals surface area contributed by atoms with Crippen molar-refractivity contribution in [1.82, 2.24) is 8.61 Å². The van der Waals surface area contributed by atoms with E-state index in [2.05, 4.69) is 15.1 Å². The van der Waals surface area contributed by atoms with Gasteiger partial charge >= 0.3 is 12.2 Å². The molecule has 0 aromatic heterocycles. The molecule has 0 aliphatic heterocycles. The van der Waals surface area contributed by atoms with Gasteiger partial charge in [0, 0.05) is 14.1 Å². The van der Waals surface area contributed by atoms with E-state index in [4.69, 9.17) is 17.9 Å². The summed E-state index contributed by atoms with van der Waals surface area (Å²) in [5.41, 5.74) is 0.873. The van der Waals surface area contributed by atoms with Crippen LogP contribution in [-0.4, -0.2) is 85.2 Å². The van der Waals surface area contributed by atoms with Crippen LogP contribution in [0.1, 0.15) is 19.4 Å². The number of rotatable bonds is 13. The number of ether oxygens (including phenoxy) is 1. The first kappa shape index (κ1) is 33.0. The van der Waals surface area contributed by atoms with Gasteiger partial charge in [0.25, 0.3) is 22.5 Å². The molecule has 2 amide bonds. The van der Waals surface area contributed by atoms with Gasteiger partial charge < -0.3 is 4.74 Å². The summed E-state index contributed by atoms with van der Waals surface area (Å²) in [7, 11) is 2.37. The minimum Gasteiger partial charge on any atom is -0.374 e. The van der Waals surface area contributed by atoms with E-state index in [0.29, 0.717) is 18.7 Å². The van der Waals surface area contributed by atoms with E-state index < -0.39 is 47.4 Å². The van der Waals surface area contributed by atoms with Crippen LogP contribution in [0.2, 0.25) is 0 Å². The Hall–Kier alpha value is -2.02. The standard InChI is InChI=1S/C20H30N4O9S4/c1-15(34-5)21-31-19(25)23(3)36(27)30-14-18(13-29-12-17-10-8-7-9-11-17)33-37(28)24(4)20(26)32-22-16(2)35-6/h7-11,18H,12-14H2,1-6H3/b21-15+,22-16+. The highest BCUT2D eigenvalue weighted by atomic mass is 32.2. The lowest BCUT2D eigenvalue weighted by Crippen LogP contribution is -2.37. The van der Waals surface area contributed by atoms with Crippen molar-refractivity contribution in [2.45, 2.75) is 26.6 Å². The van der Waals surface area contributed by atoms with Crippen LogP contribution >= 0.6 is 23.5 Å². The molecule has 13 nitrogen and oxygen atoms in total. The van der Waals surface area contributed by atoms with Gasteiger partial charge in [-0.3, -0.25) is 18.0 Å². The van der Waals surface area contributed by atoms with E-state index in [1.165, 1.54) is 37.6 Å². The molecule has 208 valence electrons. The second kappa shape index (κ2) is 18.3. The SMILES string of the molecule is CS/C(C)=N/OC(=O)N(C)S(=O)OCC(COCc1ccccc1)OS(=O)N(C)C(=O)O/N=C(\C)SC. The third kappa shape index (κ3) is 13.4. The summed E-state index contributed by atoms with van der Waals surface area (Å²) in [4.78, 5) is 33.4. The first-order valence-corrected chi connectivity index (χ1v) is 14.9. The van der Waals surface area contributed by atoms with Crippen LogP contribution in [0.4, 0.5) is 9.59 Å². The monoisotopic (exact) mass is 598 g/mol. The molecule has 17 heteroatoms.